The highest BCUT2D eigenvalue weighted by atomic mass is 16.5. The van der Waals surface area contributed by atoms with Crippen molar-refractivity contribution in [1.29, 1.82) is 0 Å². The van der Waals surface area contributed by atoms with Crippen molar-refractivity contribution >= 4 is 28.8 Å². The highest BCUT2D eigenvalue weighted by Gasteiger charge is 2.30. The Balaban J connectivity index is 1.82. The highest BCUT2D eigenvalue weighted by molar-refractivity contribution is 6.07. The predicted octanol–water partition coefficient (Wildman–Crippen LogP) is 5.50. The van der Waals surface area contributed by atoms with E-state index in [0.717, 1.165) is 27.6 Å². The van der Waals surface area contributed by atoms with Gasteiger partial charge in [-0.2, -0.15) is 0 Å². The second-order valence-corrected chi connectivity index (χ2v) is 7.75. The molecule has 1 aromatic heterocycles. The van der Waals surface area contributed by atoms with Gasteiger partial charge >= 0.3 is 5.97 Å². The number of allylic oxidation sites excluding steroid dienone is 1. The average molecular weight is 392 g/mol. The molecular formula is C24H24O5. The van der Waals surface area contributed by atoms with Crippen LogP contribution in [0.4, 0.5) is 0 Å². The SMILES string of the molecule is Cc1ccc2cc(C(=O)C=Cc3cc(C)c(OC(C)(C)C(=O)O)c(C)c3)oc2c1. The van der Waals surface area contributed by atoms with Crippen LogP contribution in [0.5, 0.6) is 5.75 Å². The Morgan fingerprint density at radius 2 is 1.69 bits per heavy atom. The van der Waals surface area contributed by atoms with E-state index in [9.17, 15) is 14.7 Å². The first-order chi connectivity index (χ1) is 13.6. The van der Waals surface area contributed by atoms with Crippen molar-refractivity contribution in [1.82, 2.24) is 0 Å². The first kappa shape index (κ1) is 20.4. The number of ether oxygens (including phenoxy) is 1. The molecule has 3 aromatic rings. The minimum atomic E-state index is -1.33. The molecule has 0 aliphatic rings. The van der Waals surface area contributed by atoms with Gasteiger partial charge in [-0.15, -0.1) is 0 Å². The van der Waals surface area contributed by atoms with Crippen LogP contribution in [0.3, 0.4) is 0 Å². The zero-order chi connectivity index (χ0) is 21.3. The number of carbonyl (C=O) groups is 2. The van der Waals surface area contributed by atoms with Crippen LogP contribution in [0.15, 0.2) is 46.9 Å². The maximum Gasteiger partial charge on any atom is 0.347 e. The summed E-state index contributed by atoms with van der Waals surface area (Å²) in [5, 5.41) is 10.2. The first-order valence-electron chi connectivity index (χ1n) is 9.33. The summed E-state index contributed by atoms with van der Waals surface area (Å²) >= 11 is 0. The molecule has 0 saturated carbocycles. The van der Waals surface area contributed by atoms with Crippen molar-refractivity contribution in [2.24, 2.45) is 0 Å². The van der Waals surface area contributed by atoms with Crippen molar-refractivity contribution in [3.63, 3.8) is 0 Å². The molecular weight excluding hydrogens is 368 g/mol. The molecule has 5 nitrogen and oxygen atoms in total. The van der Waals surface area contributed by atoms with E-state index in [1.54, 1.807) is 12.1 Å². The lowest BCUT2D eigenvalue weighted by atomic mass is 10.0. The third-order valence-electron chi connectivity index (χ3n) is 4.70. The molecule has 0 fully saturated rings. The second kappa shape index (κ2) is 7.59. The number of carbonyl (C=O) groups excluding carboxylic acids is 1. The summed E-state index contributed by atoms with van der Waals surface area (Å²) in [5.41, 5.74) is 2.84. The first-order valence-corrected chi connectivity index (χ1v) is 9.33. The van der Waals surface area contributed by atoms with Gasteiger partial charge in [-0.1, -0.05) is 18.2 Å². The fourth-order valence-corrected chi connectivity index (χ4v) is 3.05. The number of aryl methyl sites for hydroxylation is 3. The van der Waals surface area contributed by atoms with Crippen molar-refractivity contribution in [3.05, 3.63) is 70.5 Å². The minimum Gasteiger partial charge on any atom is -0.478 e. The van der Waals surface area contributed by atoms with Crippen LogP contribution < -0.4 is 4.74 Å². The maximum absolute atomic E-state index is 12.5. The molecule has 0 radical (unpaired) electrons. The fourth-order valence-electron chi connectivity index (χ4n) is 3.05. The summed E-state index contributed by atoms with van der Waals surface area (Å²) < 4.78 is 11.4. The van der Waals surface area contributed by atoms with Crippen LogP contribution in [-0.4, -0.2) is 22.5 Å². The molecule has 0 aliphatic heterocycles. The number of carboxylic acid groups (broad SMARTS) is 1. The van der Waals surface area contributed by atoms with Crippen molar-refractivity contribution in [2.75, 3.05) is 0 Å². The van der Waals surface area contributed by atoms with E-state index in [0.29, 0.717) is 17.1 Å². The molecule has 2 aromatic carbocycles. The minimum absolute atomic E-state index is 0.221. The van der Waals surface area contributed by atoms with E-state index in [1.165, 1.54) is 19.9 Å². The zero-order valence-electron chi connectivity index (χ0n) is 17.2. The molecule has 0 bridgehead atoms. The Morgan fingerprint density at radius 3 is 2.31 bits per heavy atom. The normalized spacial score (nSPS) is 11.9. The molecule has 0 aliphatic carbocycles. The van der Waals surface area contributed by atoms with Crippen LogP contribution in [0, 0.1) is 20.8 Å². The fraction of sp³-hybridized carbons (Fsp3) is 0.250. The lowest BCUT2D eigenvalue weighted by molar-refractivity contribution is -0.152. The largest absolute Gasteiger partial charge is 0.478 e. The van der Waals surface area contributed by atoms with Crippen LogP contribution in [0.25, 0.3) is 17.0 Å². The Labute approximate surface area is 169 Å². The quantitative estimate of drug-likeness (QED) is 0.443. The van der Waals surface area contributed by atoms with Crippen molar-refractivity contribution < 1.29 is 23.8 Å². The van der Waals surface area contributed by atoms with Crippen LogP contribution in [-0.2, 0) is 4.79 Å². The summed E-state index contributed by atoms with van der Waals surface area (Å²) in [6.07, 6.45) is 3.19. The summed E-state index contributed by atoms with van der Waals surface area (Å²) in [7, 11) is 0. The van der Waals surface area contributed by atoms with Gasteiger partial charge in [0, 0.05) is 5.39 Å². The number of furan rings is 1. The topological polar surface area (TPSA) is 76.7 Å². The van der Waals surface area contributed by atoms with E-state index in [4.69, 9.17) is 9.15 Å². The molecule has 0 saturated heterocycles. The third-order valence-corrected chi connectivity index (χ3v) is 4.70. The van der Waals surface area contributed by atoms with Crippen LogP contribution in [0.1, 0.15) is 46.7 Å². The van der Waals surface area contributed by atoms with Gasteiger partial charge in [0.05, 0.1) is 0 Å². The van der Waals surface area contributed by atoms with Crippen LogP contribution in [0.2, 0.25) is 0 Å². The molecule has 29 heavy (non-hydrogen) atoms. The van der Waals surface area contributed by atoms with Crippen molar-refractivity contribution in [3.8, 4) is 5.75 Å². The standard InChI is InChI=1S/C24H24O5/c1-14-6-8-18-13-21(28-20(18)10-14)19(25)9-7-17-11-15(2)22(16(3)12-17)29-24(4,5)23(26)27/h6-13H,1-5H3,(H,26,27). The Bertz CT molecular complexity index is 1110. The van der Waals surface area contributed by atoms with Crippen molar-refractivity contribution in [2.45, 2.75) is 40.2 Å². The summed E-state index contributed by atoms with van der Waals surface area (Å²) in [5.74, 6) is -0.430. The number of ketones is 1. The van der Waals surface area contributed by atoms with E-state index in [1.807, 2.05) is 51.1 Å². The summed E-state index contributed by atoms with van der Waals surface area (Å²) in [4.78, 5) is 23.8. The number of rotatable bonds is 6. The van der Waals surface area contributed by atoms with E-state index < -0.39 is 11.6 Å². The molecule has 150 valence electrons. The van der Waals surface area contributed by atoms with E-state index >= 15 is 0 Å². The molecule has 0 unspecified atom stereocenters. The Hall–Kier alpha value is -3.34. The lowest BCUT2D eigenvalue weighted by Gasteiger charge is -2.24. The van der Waals surface area contributed by atoms with Gasteiger partial charge in [0.15, 0.2) is 11.4 Å². The highest BCUT2D eigenvalue weighted by Crippen LogP contribution is 2.29. The molecule has 0 atom stereocenters. The van der Waals surface area contributed by atoms with Gasteiger partial charge in [-0.05, 0) is 87.2 Å². The second-order valence-electron chi connectivity index (χ2n) is 7.75. The number of aliphatic carboxylic acids is 1. The number of hydrogen-bond donors (Lipinski definition) is 1. The molecule has 0 amide bonds. The number of fused-ring (bicyclic) bond motifs is 1. The van der Waals surface area contributed by atoms with Gasteiger partial charge < -0.3 is 14.3 Å². The predicted molar refractivity (Wildman–Crippen MR) is 113 cm³/mol. The number of carboxylic acids is 1. The lowest BCUT2D eigenvalue weighted by Crippen LogP contribution is -2.38. The van der Waals surface area contributed by atoms with Gasteiger partial charge in [0.25, 0.3) is 0 Å². The molecule has 5 heteroatoms. The van der Waals surface area contributed by atoms with Gasteiger partial charge in [0.2, 0.25) is 5.78 Å². The molecule has 0 spiro atoms. The van der Waals surface area contributed by atoms with E-state index in [2.05, 4.69) is 0 Å². The zero-order valence-corrected chi connectivity index (χ0v) is 17.2. The molecule has 3 rings (SSSR count). The third kappa shape index (κ3) is 4.40. The van der Waals surface area contributed by atoms with Gasteiger partial charge in [-0.3, -0.25) is 4.79 Å². The monoisotopic (exact) mass is 392 g/mol. The summed E-state index contributed by atoms with van der Waals surface area (Å²) in [6.45, 7) is 8.69. The Kier molecular flexibility index (Phi) is 5.33. The smallest absolute Gasteiger partial charge is 0.347 e. The van der Waals surface area contributed by atoms with Crippen LogP contribution >= 0.6 is 0 Å². The maximum atomic E-state index is 12.5. The van der Waals surface area contributed by atoms with Gasteiger partial charge in [-0.25, -0.2) is 4.79 Å². The number of hydrogen-bond acceptors (Lipinski definition) is 4. The molecule has 1 N–H and O–H groups in total. The van der Waals surface area contributed by atoms with Gasteiger partial charge in [0.1, 0.15) is 11.3 Å². The molecule has 1 heterocycles. The summed E-state index contributed by atoms with van der Waals surface area (Å²) in [6, 6.07) is 11.3. The Morgan fingerprint density at radius 1 is 1.03 bits per heavy atom. The van der Waals surface area contributed by atoms with E-state index in [-0.39, 0.29) is 5.78 Å². The average Bonchev–Trinajstić information content (AvgIpc) is 3.05. The number of benzene rings is 2.